The van der Waals surface area contributed by atoms with Gasteiger partial charge in [-0.3, -0.25) is 4.79 Å². The topological polar surface area (TPSA) is 68.1 Å². The van der Waals surface area contributed by atoms with Gasteiger partial charge in [0.05, 0.1) is 7.11 Å². The smallest absolute Gasteiger partial charge is 0.323 e. The van der Waals surface area contributed by atoms with Gasteiger partial charge in [-0.15, -0.1) is 0 Å². The van der Waals surface area contributed by atoms with Gasteiger partial charge < -0.3 is 15.5 Å². The molecule has 1 fully saturated rings. The minimum atomic E-state index is -0.587. The second-order valence-electron chi connectivity index (χ2n) is 4.90. The van der Waals surface area contributed by atoms with E-state index < -0.39 is 6.04 Å². The summed E-state index contributed by atoms with van der Waals surface area (Å²) < 4.78 is 4.78. The molecule has 0 saturated heterocycles. The first-order valence-corrected chi connectivity index (χ1v) is 6.09. The lowest BCUT2D eigenvalue weighted by Gasteiger charge is -2.22. The molecule has 1 aromatic carbocycles. The number of ether oxygens (including phenoxy) is 1. The van der Waals surface area contributed by atoms with Crippen LogP contribution in [0.3, 0.4) is 0 Å². The number of carbonyl (C=O) groups excluding carboxylic acids is 1. The largest absolute Gasteiger partial charge is 0.468 e. The zero-order valence-corrected chi connectivity index (χ0v) is 10.3. The third-order valence-corrected chi connectivity index (χ3v) is 3.96. The third kappa shape index (κ3) is 1.46. The number of rotatable bonds is 3. The van der Waals surface area contributed by atoms with Crippen molar-refractivity contribution < 1.29 is 9.53 Å². The molecular weight excluding hydrogens is 228 g/mol. The highest BCUT2D eigenvalue weighted by molar-refractivity contribution is 5.87. The number of nitrogens with one attached hydrogen (secondary N) is 1. The maximum atomic E-state index is 11.7. The van der Waals surface area contributed by atoms with E-state index in [9.17, 15) is 4.79 Å². The summed E-state index contributed by atoms with van der Waals surface area (Å²) in [7, 11) is 1.38. The Balaban J connectivity index is 2.09. The molecule has 2 aromatic rings. The molecule has 0 bridgehead atoms. The molecule has 94 valence electrons. The molecule has 1 unspecified atom stereocenters. The second kappa shape index (κ2) is 3.85. The Bertz CT molecular complexity index is 599. The van der Waals surface area contributed by atoms with Crippen molar-refractivity contribution in [2.45, 2.75) is 24.3 Å². The summed E-state index contributed by atoms with van der Waals surface area (Å²) in [6, 6.07) is 7.55. The molecule has 0 aliphatic heterocycles. The number of carbonyl (C=O) groups is 1. The fourth-order valence-corrected chi connectivity index (χ4v) is 2.73. The van der Waals surface area contributed by atoms with Crippen molar-refractivity contribution in [3.8, 4) is 0 Å². The second-order valence-corrected chi connectivity index (χ2v) is 4.90. The molecule has 18 heavy (non-hydrogen) atoms. The summed E-state index contributed by atoms with van der Waals surface area (Å²) in [5, 5.41) is 1.15. The molecule has 1 aliphatic carbocycles. The maximum Gasteiger partial charge on any atom is 0.323 e. The summed E-state index contributed by atoms with van der Waals surface area (Å²) in [5.74, 6) is -0.337. The van der Waals surface area contributed by atoms with Crippen LogP contribution in [0.1, 0.15) is 18.4 Å². The standard InChI is InChI=1S/C14H16N2O2/c1-18-13(17)12(15)14(6-7-14)10-4-2-3-9-5-8-16-11(9)10/h2-5,8,12,16H,6-7,15H2,1H3. The third-order valence-electron chi connectivity index (χ3n) is 3.96. The number of H-pyrrole nitrogens is 1. The average Bonchev–Trinajstić information content (AvgIpc) is 3.06. The highest BCUT2D eigenvalue weighted by Crippen LogP contribution is 2.52. The molecule has 0 spiro atoms. The van der Waals surface area contributed by atoms with E-state index in [2.05, 4.69) is 17.1 Å². The van der Waals surface area contributed by atoms with E-state index in [1.54, 1.807) is 0 Å². The average molecular weight is 244 g/mol. The van der Waals surface area contributed by atoms with E-state index in [0.717, 1.165) is 29.3 Å². The molecular formula is C14H16N2O2. The van der Waals surface area contributed by atoms with E-state index in [0.29, 0.717) is 0 Å². The van der Waals surface area contributed by atoms with Crippen molar-refractivity contribution in [3.05, 3.63) is 36.0 Å². The quantitative estimate of drug-likeness (QED) is 0.807. The van der Waals surface area contributed by atoms with Crippen molar-refractivity contribution in [2.75, 3.05) is 7.11 Å². The number of benzene rings is 1. The Morgan fingerprint density at radius 1 is 1.44 bits per heavy atom. The fourth-order valence-electron chi connectivity index (χ4n) is 2.73. The van der Waals surface area contributed by atoms with Gasteiger partial charge in [-0.2, -0.15) is 0 Å². The first-order chi connectivity index (χ1) is 8.69. The molecule has 3 rings (SSSR count). The minimum Gasteiger partial charge on any atom is -0.468 e. The number of nitrogens with two attached hydrogens (primary N) is 1. The lowest BCUT2D eigenvalue weighted by molar-refractivity contribution is -0.143. The van der Waals surface area contributed by atoms with Gasteiger partial charge in [0.25, 0.3) is 0 Å². The van der Waals surface area contributed by atoms with Gasteiger partial charge in [-0.1, -0.05) is 18.2 Å². The zero-order chi connectivity index (χ0) is 12.8. The Morgan fingerprint density at radius 3 is 2.89 bits per heavy atom. The molecule has 1 heterocycles. The van der Waals surface area contributed by atoms with Crippen LogP contribution in [0.2, 0.25) is 0 Å². The van der Waals surface area contributed by atoms with E-state index in [-0.39, 0.29) is 11.4 Å². The number of para-hydroxylation sites is 1. The first-order valence-electron chi connectivity index (χ1n) is 6.09. The number of esters is 1. The predicted molar refractivity (Wildman–Crippen MR) is 69.2 cm³/mol. The Morgan fingerprint density at radius 2 is 2.22 bits per heavy atom. The van der Waals surface area contributed by atoms with Crippen molar-refractivity contribution in [3.63, 3.8) is 0 Å². The van der Waals surface area contributed by atoms with Gasteiger partial charge in [0.2, 0.25) is 0 Å². The molecule has 3 N–H and O–H groups in total. The van der Waals surface area contributed by atoms with E-state index in [1.807, 2.05) is 18.3 Å². The van der Waals surface area contributed by atoms with Crippen molar-refractivity contribution in [2.24, 2.45) is 5.73 Å². The Labute approximate surface area is 105 Å². The van der Waals surface area contributed by atoms with Gasteiger partial charge >= 0.3 is 5.97 Å². The predicted octanol–water partition coefficient (Wildman–Crippen LogP) is 1.70. The number of hydrogen-bond acceptors (Lipinski definition) is 3. The number of aromatic nitrogens is 1. The van der Waals surface area contributed by atoms with Crippen LogP contribution in [0.25, 0.3) is 10.9 Å². The van der Waals surface area contributed by atoms with Gasteiger partial charge in [-0.05, 0) is 29.9 Å². The molecule has 1 saturated carbocycles. The van der Waals surface area contributed by atoms with Crippen LogP contribution in [-0.2, 0) is 14.9 Å². The van der Waals surface area contributed by atoms with Crippen LogP contribution >= 0.6 is 0 Å². The summed E-state index contributed by atoms with van der Waals surface area (Å²) >= 11 is 0. The van der Waals surface area contributed by atoms with Crippen molar-refractivity contribution >= 4 is 16.9 Å². The lowest BCUT2D eigenvalue weighted by Crippen LogP contribution is -2.42. The number of hydrogen-bond donors (Lipinski definition) is 2. The number of fused-ring (bicyclic) bond motifs is 1. The Kier molecular flexibility index (Phi) is 2.41. The monoisotopic (exact) mass is 244 g/mol. The van der Waals surface area contributed by atoms with Gasteiger partial charge in [-0.25, -0.2) is 0 Å². The van der Waals surface area contributed by atoms with E-state index in [1.165, 1.54) is 7.11 Å². The summed E-state index contributed by atoms with van der Waals surface area (Å²) in [4.78, 5) is 14.9. The van der Waals surface area contributed by atoms with Gasteiger partial charge in [0.15, 0.2) is 0 Å². The van der Waals surface area contributed by atoms with Crippen molar-refractivity contribution in [1.29, 1.82) is 0 Å². The van der Waals surface area contributed by atoms with Crippen LogP contribution in [-0.4, -0.2) is 24.1 Å². The number of aromatic amines is 1. The summed E-state index contributed by atoms with van der Waals surface area (Å²) in [6.07, 6.45) is 3.77. The summed E-state index contributed by atoms with van der Waals surface area (Å²) in [5.41, 5.74) is 8.02. The lowest BCUT2D eigenvalue weighted by atomic mass is 9.87. The zero-order valence-electron chi connectivity index (χ0n) is 10.3. The SMILES string of the molecule is COC(=O)C(N)C1(c2cccc3cc[nH]c23)CC1. The molecule has 4 nitrogen and oxygen atoms in total. The molecule has 1 aliphatic rings. The molecule has 0 amide bonds. The van der Waals surface area contributed by atoms with Crippen LogP contribution in [0.5, 0.6) is 0 Å². The van der Waals surface area contributed by atoms with Crippen LogP contribution in [0.4, 0.5) is 0 Å². The highest BCUT2D eigenvalue weighted by atomic mass is 16.5. The fraction of sp³-hybridized carbons (Fsp3) is 0.357. The number of methoxy groups -OCH3 is 1. The first kappa shape index (κ1) is 11.3. The summed E-state index contributed by atoms with van der Waals surface area (Å²) in [6.45, 7) is 0. The Hall–Kier alpha value is -1.81. The molecule has 1 atom stereocenters. The normalized spacial score (nSPS) is 18.6. The minimum absolute atomic E-state index is 0.253. The van der Waals surface area contributed by atoms with Crippen molar-refractivity contribution in [1.82, 2.24) is 4.98 Å². The molecule has 4 heteroatoms. The van der Waals surface area contributed by atoms with Crippen LogP contribution in [0.15, 0.2) is 30.5 Å². The van der Waals surface area contributed by atoms with Gasteiger partial charge in [0.1, 0.15) is 6.04 Å². The highest BCUT2D eigenvalue weighted by Gasteiger charge is 2.53. The van der Waals surface area contributed by atoms with E-state index >= 15 is 0 Å². The molecule has 0 radical (unpaired) electrons. The van der Waals surface area contributed by atoms with Crippen LogP contribution in [0, 0.1) is 0 Å². The maximum absolute atomic E-state index is 11.7. The van der Waals surface area contributed by atoms with Crippen LogP contribution < -0.4 is 5.73 Å². The van der Waals surface area contributed by atoms with Gasteiger partial charge in [0, 0.05) is 17.1 Å². The van der Waals surface area contributed by atoms with E-state index in [4.69, 9.17) is 10.5 Å². The molecule has 1 aromatic heterocycles.